The summed E-state index contributed by atoms with van der Waals surface area (Å²) in [5.74, 6) is 0.164. The fourth-order valence-corrected chi connectivity index (χ4v) is 2.61. The topological polar surface area (TPSA) is 71.3 Å². The fourth-order valence-electron chi connectivity index (χ4n) is 2.38. The molecule has 1 aliphatic rings. The van der Waals surface area contributed by atoms with E-state index in [2.05, 4.69) is 5.32 Å². The van der Waals surface area contributed by atoms with Crippen LogP contribution in [-0.4, -0.2) is 31.3 Å². The zero-order valence-electron chi connectivity index (χ0n) is 13.8. The van der Waals surface area contributed by atoms with Crippen molar-refractivity contribution in [3.8, 4) is 11.8 Å². The van der Waals surface area contributed by atoms with Gasteiger partial charge in [-0.05, 0) is 50.5 Å². The number of ether oxygens (including phenoxy) is 2. The van der Waals surface area contributed by atoms with E-state index >= 15 is 0 Å². The van der Waals surface area contributed by atoms with Crippen LogP contribution in [0.2, 0.25) is 5.02 Å². The van der Waals surface area contributed by atoms with E-state index in [1.165, 1.54) is 6.08 Å². The maximum Gasteiger partial charge on any atom is 0.262 e. The summed E-state index contributed by atoms with van der Waals surface area (Å²) in [6.45, 7) is 4.97. The van der Waals surface area contributed by atoms with Crippen LogP contribution in [0.3, 0.4) is 0 Å². The summed E-state index contributed by atoms with van der Waals surface area (Å²) in [7, 11) is 0. The quantitative estimate of drug-likeness (QED) is 0.632. The van der Waals surface area contributed by atoms with E-state index in [-0.39, 0.29) is 17.8 Å². The van der Waals surface area contributed by atoms with Crippen molar-refractivity contribution in [1.29, 1.82) is 5.26 Å². The molecule has 1 fully saturated rings. The Morgan fingerprint density at radius 1 is 1.58 bits per heavy atom. The van der Waals surface area contributed by atoms with Gasteiger partial charge < -0.3 is 14.8 Å². The van der Waals surface area contributed by atoms with Crippen molar-refractivity contribution in [1.82, 2.24) is 5.32 Å². The molecule has 6 heteroatoms. The Hall–Kier alpha value is -2.03. The Morgan fingerprint density at radius 3 is 2.96 bits per heavy atom. The first-order chi connectivity index (χ1) is 11.5. The normalized spacial score (nSPS) is 17.6. The summed E-state index contributed by atoms with van der Waals surface area (Å²) in [6.07, 6.45) is 3.50. The summed E-state index contributed by atoms with van der Waals surface area (Å²) in [6, 6.07) is 7.08. The van der Waals surface area contributed by atoms with Gasteiger partial charge in [0.25, 0.3) is 5.91 Å². The van der Waals surface area contributed by atoms with E-state index in [0.29, 0.717) is 22.9 Å². The van der Waals surface area contributed by atoms with Crippen LogP contribution in [-0.2, 0) is 9.53 Å². The number of carbonyl (C=O) groups is 1. The lowest BCUT2D eigenvalue weighted by molar-refractivity contribution is -0.117. The van der Waals surface area contributed by atoms with Crippen molar-refractivity contribution in [2.24, 2.45) is 0 Å². The molecule has 0 unspecified atom stereocenters. The van der Waals surface area contributed by atoms with Crippen molar-refractivity contribution in [3.63, 3.8) is 0 Å². The van der Waals surface area contributed by atoms with E-state index in [1.54, 1.807) is 18.2 Å². The molecule has 128 valence electrons. The van der Waals surface area contributed by atoms with Crippen molar-refractivity contribution in [2.45, 2.75) is 38.9 Å². The third-order valence-electron chi connectivity index (χ3n) is 3.51. The predicted octanol–water partition coefficient (Wildman–Crippen LogP) is 3.33. The van der Waals surface area contributed by atoms with Crippen LogP contribution in [0.15, 0.2) is 23.8 Å². The minimum absolute atomic E-state index is 0.0159. The van der Waals surface area contributed by atoms with Gasteiger partial charge in [0.1, 0.15) is 17.4 Å². The second-order valence-electron chi connectivity index (χ2n) is 5.87. The van der Waals surface area contributed by atoms with E-state index < -0.39 is 5.91 Å². The average Bonchev–Trinajstić information content (AvgIpc) is 3.06. The van der Waals surface area contributed by atoms with Gasteiger partial charge in [0.15, 0.2) is 0 Å². The van der Waals surface area contributed by atoms with Gasteiger partial charge >= 0.3 is 0 Å². The average molecular weight is 349 g/mol. The Balaban J connectivity index is 2.04. The molecule has 1 atom stereocenters. The highest BCUT2D eigenvalue weighted by atomic mass is 35.5. The maximum absolute atomic E-state index is 12.1. The van der Waals surface area contributed by atoms with Crippen molar-refractivity contribution in [3.05, 3.63) is 34.4 Å². The Labute approximate surface area is 147 Å². The largest absolute Gasteiger partial charge is 0.489 e. The number of benzene rings is 1. The molecule has 0 saturated carbocycles. The molecule has 0 aliphatic carbocycles. The molecular formula is C18H21ClN2O3. The Morgan fingerprint density at radius 2 is 2.38 bits per heavy atom. The number of hydrogen-bond acceptors (Lipinski definition) is 4. The first-order valence-corrected chi connectivity index (χ1v) is 8.35. The second-order valence-corrected chi connectivity index (χ2v) is 6.28. The highest BCUT2D eigenvalue weighted by Crippen LogP contribution is 2.27. The molecule has 1 aromatic carbocycles. The highest BCUT2D eigenvalue weighted by Gasteiger charge is 2.17. The van der Waals surface area contributed by atoms with Gasteiger partial charge in [-0.1, -0.05) is 17.7 Å². The number of amides is 1. The van der Waals surface area contributed by atoms with Crippen molar-refractivity contribution in [2.75, 3.05) is 13.2 Å². The standard InChI is InChI=1S/C18H21ClN2O3/c1-12(2)24-17-6-5-13(9-16(17)19)8-14(10-20)18(22)21-11-15-4-3-7-23-15/h5-6,8-9,12,15H,3-4,7,11H2,1-2H3,(H,21,22)/b14-8-/t15-/m1/s1. The molecule has 1 heterocycles. The molecule has 0 aromatic heterocycles. The smallest absolute Gasteiger partial charge is 0.262 e. The molecule has 2 rings (SSSR count). The maximum atomic E-state index is 12.1. The molecule has 0 radical (unpaired) electrons. The van der Waals surface area contributed by atoms with Crippen LogP contribution in [0.4, 0.5) is 0 Å². The number of carbonyl (C=O) groups excluding carboxylic acids is 1. The first-order valence-electron chi connectivity index (χ1n) is 7.97. The minimum atomic E-state index is -0.411. The SMILES string of the molecule is CC(C)Oc1ccc(/C=C(/C#N)C(=O)NC[C@H]2CCCO2)cc1Cl. The van der Waals surface area contributed by atoms with Crippen molar-refractivity contribution < 1.29 is 14.3 Å². The zero-order valence-corrected chi connectivity index (χ0v) is 14.6. The van der Waals surface area contributed by atoms with E-state index in [1.807, 2.05) is 19.9 Å². The molecule has 0 bridgehead atoms. The molecule has 1 amide bonds. The molecule has 1 saturated heterocycles. The molecule has 0 spiro atoms. The minimum Gasteiger partial charge on any atom is -0.489 e. The van der Waals surface area contributed by atoms with E-state index in [4.69, 9.17) is 21.1 Å². The predicted molar refractivity (Wildman–Crippen MR) is 92.8 cm³/mol. The van der Waals surface area contributed by atoms with Gasteiger partial charge in [-0.3, -0.25) is 4.79 Å². The molecule has 5 nitrogen and oxygen atoms in total. The van der Waals surface area contributed by atoms with E-state index in [9.17, 15) is 10.1 Å². The number of hydrogen-bond donors (Lipinski definition) is 1. The number of nitrogens with one attached hydrogen (secondary N) is 1. The van der Waals surface area contributed by atoms with Crippen LogP contribution >= 0.6 is 11.6 Å². The molecule has 24 heavy (non-hydrogen) atoms. The monoisotopic (exact) mass is 348 g/mol. The van der Waals surface area contributed by atoms with Crippen LogP contribution in [0.5, 0.6) is 5.75 Å². The van der Waals surface area contributed by atoms with Crippen LogP contribution < -0.4 is 10.1 Å². The summed E-state index contributed by atoms with van der Waals surface area (Å²) >= 11 is 6.17. The van der Waals surface area contributed by atoms with Crippen LogP contribution in [0.25, 0.3) is 6.08 Å². The van der Waals surface area contributed by atoms with Gasteiger partial charge in [-0.2, -0.15) is 5.26 Å². The van der Waals surface area contributed by atoms with Gasteiger partial charge in [-0.15, -0.1) is 0 Å². The molecule has 1 aliphatic heterocycles. The number of rotatable bonds is 6. The van der Waals surface area contributed by atoms with Crippen molar-refractivity contribution >= 4 is 23.6 Å². The van der Waals surface area contributed by atoms with E-state index in [0.717, 1.165) is 19.4 Å². The lowest BCUT2D eigenvalue weighted by Gasteiger charge is -2.12. The molecule has 1 aromatic rings. The lowest BCUT2D eigenvalue weighted by atomic mass is 10.1. The van der Waals surface area contributed by atoms with Gasteiger partial charge in [-0.25, -0.2) is 0 Å². The number of nitriles is 1. The van der Waals surface area contributed by atoms with Gasteiger partial charge in [0, 0.05) is 13.2 Å². The summed E-state index contributed by atoms with van der Waals surface area (Å²) in [5, 5.41) is 12.4. The fraction of sp³-hybridized carbons (Fsp3) is 0.444. The van der Waals surface area contributed by atoms with Crippen LogP contribution in [0.1, 0.15) is 32.3 Å². The second kappa shape index (κ2) is 8.72. The zero-order chi connectivity index (χ0) is 17.5. The number of nitrogens with zero attached hydrogens (tertiary/aromatic N) is 1. The Kier molecular flexibility index (Phi) is 6.65. The summed E-state index contributed by atoms with van der Waals surface area (Å²) < 4.78 is 11.0. The lowest BCUT2D eigenvalue weighted by Crippen LogP contribution is -2.32. The van der Waals surface area contributed by atoms with Gasteiger partial charge in [0.05, 0.1) is 17.2 Å². The highest BCUT2D eigenvalue weighted by molar-refractivity contribution is 6.32. The third-order valence-corrected chi connectivity index (χ3v) is 3.80. The van der Waals surface area contributed by atoms with Gasteiger partial charge in [0.2, 0.25) is 0 Å². The molecular weight excluding hydrogens is 328 g/mol. The third kappa shape index (κ3) is 5.26. The Bertz CT molecular complexity index is 659. The van der Waals surface area contributed by atoms with Crippen LogP contribution in [0, 0.1) is 11.3 Å². The first kappa shape index (κ1) is 18.3. The summed E-state index contributed by atoms with van der Waals surface area (Å²) in [5.41, 5.74) is 0.696. The summed E-state index contributed by atoms with van der Waals surface area (Å²) in [4.78, 5) is 12.1. The number of halogens is 1. The molecule has 1 N–H and O–H groups in total.